The van der Waals surface area contributed by atoms with Crippen molar-refractivity contribution in [1.29, 1.82) is 0 Å². The first-order chi connectivity index (χ1) is 10.2. The Bertz CT molecular complexity index is 760. The second-order valence-corrected chi connectivity index (χ2v) is 4.96. The molecule has 1 aromatic heterocycles. The van der Waals surface area contributed by atoms with Gasteiger partial charge in [-0.15, -0.1) is 0 Å². The van der Waals surface area contributed by atoms with E-state index in [1.807, 2.05) is 54.6 Å². The molecule has 0 bridgehead atoms. The fraction of sp³-hybridized carbons (Fsp3) is 0. The van der Waals surface area contributed by atoms with Crippen LogP contribution in [-0.2, 0) is 0 Å². The lowest BCUT2D eigenvalue weighted by atomic mass is 10.0. The Hall–Kier alpha value is -2.39. The summed E-state index contributed by atoms with van der Waals surface area (Å²) in [6.45, 7) is 0. The smallest absolute Gasteiger partial charge is 0.167 e. The molecule has 1 N–H and O–H groups in total. The molecule has 3 rings (SSSR count). The number of hydrogen-bond acceptors (Lipinski definition) is 2. The fourth-order valence-corrected chi connectivity index (χ4v) is 2.24. The van der Waals surface area contributed by atoms with Crippen LogP contribution in [-0.4, -0.2) is 4.98 Å². The van der Waals surface area contributed by atoms with Gasteiger partial charge in [-0.2, -0.15) is 0 Å². The van der Waals surface area contributed by atoms with Crippen LogP contribution in [0.2, 0.25) is 5.02 Å². The normalized spacial score (nSPS) is 10.4. The monoisotopic (exact) mass is 298 g/mol. The molecule has 0 saturated heterocycles. The minimum atomic E-state index is -0.481. The number of anilines is 2. The molecule has 4 heteroatoms. The van der Waals surface area contributed by atoms with Crippen LogP contribution >= 0.6 is 11.6 Å². The largest absolute Gasteiger partial charge is 0.337 e. The predicted molar refractivity (Wildman–Crippen MR) is 84.4 cm³/mol. The molecule has 3 aromatic rings. The Labute approximate surface area is 127 Å². The lowest BCUT2D eigenvalue weighted by Gasteiger charge is -2.12. The maximum Gasteiger partial charge on any atom is 0.167 e. The van der Waals surface area contributed by atoms with E-state index in [2.05, 4.69) is 10.3 Å². The lowest BCUT2D eigenvalue weighted by Crippen LogP contribution is -1.98. The van der Waals surface area contributed by atoms with Crippen LogP contribution in [0.4, 0.5) is 15.9 Å². The van der Waals surface area contributed by atoms with Crippen molar-refractivity contribution in [2.24, 2.45) is 0 Å². The number of hydrogen-bond donors (Lipinski definition) is 1. The fourth-order valence-electron chi connectivity index (χ4n) is 2.10. The third kappa shape index (κ3) is 3.03. The van der Waals surface area contributed by atoms with E-state index < -0.39 is 5.82 Å². The standard InChI is InChI=1S/C17H12ClFN2/c18-13-10-15(19)17(20-11-13)21-16-9-5-4-8-14(16)12-6-2-1-3-7-12/h1-11H,(H,20,21). The van der Waals surface area contributed by atoms with Crippen LogP contribution in [0.1, 0.15) is 0 Å². The number of benzene rings is 2. The van der Waals surface area contributed by atoms with Gasteiger partial charge >= 0.3 is 0 Å². The van der Waals surface area contributed by atoms with Crippen molar-refractivity contribution in [3.05, 3.63) is 77.7 Å². The molecule has 0 fully saturated rings. The molecular formula is C17H12ClFN2. The van der Waals surface area contributed by atoms with E-state index in [-0.39, 0.29) is 10.8 Å². The summed E-state index contributed by atoms with van der Waals surface area (Å²) in [4.78, 5) is 3.99. The quantitative estimate of drug-likeness (QED) is 0.711. The van der Waals surface area contributed by atoms with E-state index in [0.29, 0.717) is 0 Å². The third-order valence-corrected chi connectivity index (χ3v) is 3.28. The van der Waals surface area contributed by atoms with Crippen LogP contribution < -0.4 is 5.32 Å². The molecule has 0 unspecified atom stereocenters. The van der Waals surface area contributed by atoms with Gasteiger partial charge in [0.2, 0.25) is 0 Å². The van der Waals surface area contributed by atoms with Crippen molar-refractivity contribution in [1.82, 2.24) is 4.98 Å². The average molecular weight is 299 g/mol. The minimum Gasteiger partial charge on any atom is -0.337 e. The summed E-state index contributed by atoms with van der Waals surface area (Å²) in [6.07, 6.45) is 1.41. The van der Waals surface area contributed by atoms with Gasteiger partial charge in [0.25, 0.3) is 0 Å². The van der Waals surface area contributed by atoms with Gasteiger partial charge in [-0.3, -0.25) is 0 Å². The molecule has 104 valence electrons. The number of aromatic nitrogens is 1. The van der Waals surface area contributed by atoms with E-state index in [9.17, 15) is 4.39 Å². The van der Waals surface area contributed by atoms with Crippen LogP contribution in [0.5, 0.6) is 0 Å². The molecule has 0 saturated carbocycles. The minimum absolute atomic E-state index is 0.155. The van der Waals surface area contributed by atoms with E-state index in [4.69, 9.17) is 11.6 Å². The number of nitrogens with one attached hydrogen (secondary N) is 1. The van der Waals surface area contributed by atoms with E-state index >= 15 is 0 Å². The van der Waals surface area contributed by atoms with Gasteiger partial charge in [0.1, 0.15) is 0 Å². The Morgan fingerprint density at radius 1 is 0.952 bits per heavy atom. The zero-order valence-corrected chi connectivity index (χ0v) is 11.8. The highest BCUT2D eigenvalue weighted by molar-refractivity contribution is 6.30. The van der Waals surface area contributed by atoms with Gasteiger partial charge in [0.05, 0.1) is 5.02 Å². The summed E-state index contributed by atoms with van der Waals surface area (Å²) in [5.41, 5.74) is 2.82. The van der Waals surface area contributed by atoms with Gasteiger partial charge in [-0.05, 0) is 17.7 Å². The molecule has 0 atom stereocenters. The molecule has 1 heterocycles. The molecule has 0 aliphatic carbocycles. The Balaban J connectivity index is 2.00. The predicted octanol–water partition coefficient (Wildman–Crippen LogP) is 5.28. The van der Waals surface area contributed by atoms with Crippen LogP contribution in [0.3, 0.4) is 0 Å². The second-order valence-electron chi connectivity index (χ2n) is 4.52. The molecule has 0 spiro atoms. The zero-order valence-electron chi connectivity index (χ0n) is 11.1. The van der Waals surface area contributed by atoms with Gasteiger partial charge in [0, 0.05) is 17.4 Å². The van der Waals surface area contributed by atoms with Crippen molar-refractivity contribution in [2.45, 2.75) is 0 Å². The summed E-state index contributed by atoms with van der Waals surface area (Å²) < 4.78 is 13.9. The van der Waals surface area contributed by atoms with Gasteiger partial charge in [0.15, 0.2) is 11.6 Å². The van der Waals surface area contributed by atoms with E-state index in [1.165, 1.54) is 12.3 Å². The van der Waals surface area contributed by atoms with E-state index in [1.54, 1.807) is 0 Å². The van der Waals surface area contributed by atoms with Crippen LogP contribution in [0.15, 0.2) is 66.9 Å². The molecule has 0 aliphatic rings. The highest BCUT2D eigenvalue weighted by Gasteiger charge is 2.09. The maximum atomic E-state index is 13.9. The van der Waals surface area contributed by atoms with Gasteiger partial charge < -0.3 is 5.32 Å². The maximum absolute atomic E-state index is 13.9. The average Bonchev–Trinajstić information content (AvgIpc) is 2.51. The molecule has 2 nitrogen and oxygen atoms in total. The van der Waals surface area contributed by atoms with Gasteiger partial charge in [-0.1, -0.05) is 60.1 Å². The summed E-state index contributed by atoms with van der Waals surface area (Å²) in [5, 5.41) is 3.29. The summed E-state index contributed by atoms with van der Waals surface area (Å²) >= 11 is 5.72. The first kappa shape index (κ1) is 13.6. The highest BCUT2D eigenvalue weighted by Crippen LogP contribution is 2.30. The third-order valence-electron chi connectivity index (χ3n) is 3.07. The SMILES string of the molecule is Fc1cc(Cl)cnc1Nc1ccccc1-c1ccccc1. The van der Waals surface area contributed by atoms with Crippen LogP contribution in [0.25, 0.3) is 11.1 Å². The Morgan fingerprint density at radius 2 is 1.67 bits per heavy atom. The molecule has 0 radical (unpaired) electrons. The first-order valence-electron chi connectivity index (χ1n) is 6.46. The molecular weight excluding hydrogens is 287 g/mol. The number of para-hydroxylation sites is 1. The second kappa shape index (κ2) is 5.94. The van der Waals surface area contributed by atoms with Crippen molar-refractivity contribution in [3.63, 3.8) is 0 Å². The van der Waals surface area contributed by atoms with Crippen molar-refractivity contribution >= 4 is 23.1 Å². The van der Waals surface area contributed by atoms with Crippen molar-refractivity contribution in [2.75, 3.05) is 5.32 Å². The van der Waals surface area contributed by atoms with Crippen molar-refractivity contribution in [3.8, 4) is 11.1 Å². The Kier molecular flexibility index (Phi) is 3.84. The molecule has 2 aromatic carbocycles. The topological polar surface area (TPSA) is 24.9 Å². The number of nitrogens with zero attached hydrogens (tertiary/aromatic N) is 1. The molecule has 0 amide bonds. The highest BCUT2D eigenvalue weighted by atomic mass is 35.5. The lowest BCUT2D eigenvalue weighted by molar-refractivity contribution is 0.626. The van der Waals surface area contributed by atoms with E-state index in [0.717, 1.165) is 16.8 Å². The van der Waals surface area contributed by atoms with Gasteiger partial charge in [-0.25, -0.2) is 9.37 Å². The summed E-state index contributed by atoms with van der Waals surface area (Å²) in [7, 11) is 0. The number of pyridine rings is 1. The number of rotatable bonds is 3. The zero-order chi connectivity index (χ0) is 14.7. The summed E-state index contributed by atoms with van der Waals surface area (Å²) in [6, 6.07) is 18.8. The first-order valence-corrected chi connectivity index (χ1v) is 6.84. The Morgan fingerprint density at radius 3 is 2.43 bits per heavy atom. The van der Waals surface area contributed by atoms with Crippen molar-refractivity contribution < 1.29 is 4.39 Å². The molecule has 21 heavy (non-hydrogen) atoms. The molecule has 0 aliphatic heterocycles. The number of halogens is 2. The van der Waals surface area contributed by atoms with Crippen LogP contribution in [0, 0.1) is 5.82 Å². The summed E-state index contributed by atoms with van der Waals surface area (Å²) in [5.74, 6) is -0.326.